The second-order valence-corrected chi connectivity index (χ2v) is 4.38. The number of aromatic nitrogens is 2. The zero-order valence-electron chi connectivity index (χ0n) is 8.75. The fourth-order valence-electron chi connectivity index (χ4n) is 1.46. The van der Waals surface area contributed by atoms with Gasteiger partial charge in [-0.2, -0.15) is 5.10 Å². The molecular formula is C11H9N2O3S-. The van der Waals surface area contributed by atoms with E-state index in [1.54, 1.807) is 30.5 Å². The van der Waals surface area contributed by atoms with E-state index in [1.165, 1.54) is 6.07 Å². The molecule has 0 aliphatic rings. The molecule has 0 aliphatic heterocycles. The van der Waals surface area contributed by atoms with Crippen molar-refractivity contribution in [1.29, 1.82) is 0 Å². The molecule has 6 heteroatoms. The first kappa shape index (κ1) is 11.7. The summed E-state index contributed by atoms with van der Waals surface area (Å²) in [5.41, 5.74) is 1.96. The van der Waals surface area contributed by atoms with Crippen molar-refractivity contribution in [2.45, 2.75) is 5.75 Å². The monoisotopic (exact) mass is 249 g/mol. The highest BCUT2D eigenvalue weighted by atomic mass is 32.2. The molecule has 0 bridgehead atoms. The number of nitrogens with one attached hydrogen (secondary N) is 1. The van der Waals surface area contributed by atoms with Crippen LogP contribution >= 0.6 is 0 Å². The van der Waals surface area contributed by atoms with Crippen molar-refractivity contribution < 1.29 is 8.76 Å². The van der Waals surface area contributed by atoms with Crippen LogP contribution in [0.15, 0.2) is 41.3 Å². The molecule has 0 aliphatic carbocycles. The zero-order chi connectivity index (χ0) is 12.3. The Balaban J connectivity index is 2.29. The van der Waals surface area contributed by atoms with Crippen molar-refractivity contribution in [3.05, 3.63) is 52.4 Å². The number of benzene rings is 1. The van der Waals surface area contributed by atoms with Gasteiger partial charge in [0.1, 0.15) is 0 Å². The smallest absolute Gasteiger partial charge is 0.264 e. The van der Waals surface area contributed by atoms with Gasteiger partial charge in [-0.15, -0.1) is 0 Å². The number of hydrogen-bond acceptors (Lipinski definition) is 4. The Kier molecular flexibility index (Phi) is 3.46. The summed E-state index contributed by atoms with van der Waals surface area (Å²) >= 11 is -2.09. The molecular weight excluding hydrogens is 240 g/mol. The number of hydrogen-bond donors (Lipinski definition) is 1. The summed E-state index contributed by atoms with van der Waals surface area (Å²) in [5.74, 6) is -0.00605. The van der Waals surface area contributed by atoms with Crippen molar-refractivity contribution in [1.82, 2.24) is 10.2 Å². The molecule has 1 unspecified atom stereocenters. The van der Waals surface area contributed by atoms with Gasteiger partial charge < -0.3 is 4.55 Å². The van der Waals surface area contributed by atoms with E-state index in [0.717, 1.165) is 5.56 Å². The van der Waals surface area contributed by atoms with Crippen LogP contribution in [-0.4, -0.2) is 19.0 Å². The molecule has 88 valence electrons. The Morgan fingerprint density at radius 3 is 2.53 bits per heavy atom. The van der Waals surface area contributed by atoms with Crippen LogP contribution in [0.5, 0.6) is 0 Å². The highest BCUT2D eigenvalue weighted by Gasteiger charge is 1.99. The molecule has 1 atom stereocenters. The predicted octanol–water partition coefficient (Wildman–Crippen LogP) is 0.816. The van der Waals surface area contributed by atoms with Gasteiger partial charge >= 0.3 is 0 Å². The average Bonchev–Trinajstić information content (AvgIpc) is 2.29. The number of aromatic amines is 1. The van der Waals surface area contributed by atoms with Crippen molar-refractivity contribution >= 4 is 11.1 Å². The topological polar surface area (TPSA) is 85.9 Å². The van der Waals surface area contributed by atoms with Gasteiger partial charge in [0, 0.05) is 17.4 Å². The number of nitrogens with zero attached hydrogens (tertiary/aromatic N) is 1. The van der Waals surface area contributed by atoms with E-state index in [9.17, 15) is 13.6 Å². The third-order valence-corrected chi connectivity index (χ3v) is 2.81. The lowest BCUT2D eigenvalue weighted by Crippen LogP contribution is -2.05. The Hall–Kier alpha value is -1.79. The summed E-state index contributed by atoms with van der Waals surface area (Å²) in [7, 11) is 0. The Labute approximate surface area is 99.8 Å². The van der Waals surface area contributed by atoms with E-state index in [0.29, 0.717) is 11.1 Å². The lowest BCUT2D eigenvalue weighted by Gasteiger charge is -2.06. The molecule has 1 heterocycles. The summed E-state index contributed by atoms with van der Waals surface area (Å²) < 4.78 is 21.0. The minimum Gasteiger partial charge on any atom is -0.772 e. The highest BCUT2D eigenvalue weighted by Crippen LogP contribution is 2.17. The summed E-state index contributed by atoms with van der Waals surface area (Å²) in [6, 6.07) is 8.39. The molecule has 1 aromatic heterocycles. The first-order chi connectivity index (χ1) is 8.15. The fourth-order valence-corrected chi connectivity index (χ4v) is 1.93. The summed E-state index contributed by atoms with van der Waals surface area (Å²) in [6.45, 7) is 0. The average molecular weight is 249 g/mol. The van der Waals surface area contributed by atoms with Crippen molar-refractivity contribution in [2.75, 3.05) is 0 Å². The highest BCUT2D eigenvalue weighted by molar-refractivity contribution is 7.78. The van der Waals surface area contributed by atoms with E-state index >= 15 is 0 Å². The maximum atomic E-state index is 11.1. The van der Waals surface area contributed by atoms with Gasteiger partial charge in [-0.3, -0.25) is 9.00 Å². The van der Waals surface area contributed by atoms with E-state index in [1.807, 2.05) is 0 Å². The molecule has 0 spiro atoms. The fraction of sp³-hybridized carbons (Fsp3) is 0.0909. The minimum atomic E-state index is -2.09. The first-order valence-corrected chi connectivity index (χ1v) is 6.09. The van der Waals surface area contributed by atoms with Gasteiger partial charge in [-0.05, 0) is 11.1 Å². The number of H-pyrrole nitrogens is 1. The van der Waals surface area contributed by atoms with Gasteiger partial charge in [0.2, 0.25) is 0 Å². The van der Waals surface area contributed by atoms with Crippen LogP contribution in [0.25, 0.3) is 11.1 Å². The summed E-state index contributed by atoms with van der Waals surface area (Å²) in [4.78, 5) is 11.1. The lowest BCUT2D eigenvalue weighted by molar-refractivity contribution is 0.536. The summed E-state index contributed by atoms with van der Waals surface area (Å²) in [5, 5.41) is 5.99. The normalized spacial score (nSPS) is 12.3. The minimum absolute atomic E-state index is 0.00605. The lowest BCUT2D eigenvalue weighted by atomic mass is 10.1. The van der Waals surface area contributed by atoms with E-state index in [4.69, 9.17) is 0 Å². The van der Waals surface area contributed by atoms with Crippen LogP contribution in [0.3, 0.4) is 0 Å². The molecule has 0 saturated heterocycles. The van der Waals surface area contributed by atoms with Gasteiger partial charge in [0.05, 0.1) is 6.20 Å². The molecule has 0 amide bonds. The Bertz CT molecular complexity index is 592. The van der Waals surface area contributed by atoms with Crippen molar-refractivity contribution in [3.8, 4) is 11.1 Å². The molecule has 2 aromatic rings. The largest absolute Gasteiger partial charge is 0.772 e. The van der Waals surface area contributed by atoms with Crippen LogP contribution < -0.4 is 5.56 Å². The zero-order valence-corrected chi connectivity index (χ0v) is 9.57. The maximum Gasteiger partial charge on any atom is 0.264 e. The van der Waals surface area contributed by atoms with E-state index in [-0.39, 0.29) is 11.3 Å². The molecule has 2 rings (SSSR count). The molecule has 5 nitrogen and oxygen atoms in total. The van der Waals surface area contributed by atoms with Crippen LogP contribution in [0.4, 0.5) is 0 Å². The van der Waals surface area contributed by atoms with E-state index in [2.05, 4.69) is 10.2 Å². The van der Waals surface area contributed by atoms with Crippen molar-refractivity contribution in [3.63, 3.8) is 0 Å². The van der Waals surface area contributed by atoms with Crippen molar-refractivity contribution in [2.24, 2.45) is 0 Å². The van der Waals surface area contributed by atoms with Crippen LogP contribution in [-0.2, 0) is 16.8 Å². The second kappa shape index (κ2) is 5.03. The Morgan fingerprint density at radius 1 is 1.24 bits per heavy atom. The maximum absolute atomic E-state index is 11.1. The molecule has 0 fully saturated rings. The third-order valence-electron chi connectivity index (χ3n) is 2.24. The first-order valence-electron chi connectivity index (χ1n) is 4.85. The third kappa shape index (κ3) is 3.08. The van der Waals surface area contributed by atoms with Gasteiger partial charge in [-0.25, -0.2) is 5.10 Å². The second-order valence-electron chi connectivity index (χ2n) is 3.48. The summed E-state index contributed by atoms with van der Waals surface area (Å²) in [6.07, 6.45) is 1.54. The van der Waals surface area contributed by atoms with Crippen LogP contribution in [0, 0.1) is 0 Å². The van der Waals surface area contributed by atoms with Gasteiger partial charge in [-0.1, -0.05) is 35.3 Å². The molecule has 1 aromatic carbocycles. The van der Waals surface area contributed by atoms with Gasteiger partial charge in [0.25, 0.3) is 5.56 Å². The van der Waals surface area contributed by atoms with Crippen LogP contribution in [0.2, 0.25) is 0 Å². The molecule has 17 heavy (non-hydrogen) atoms. The van der Waals surface area contributed by atoms with Gasteiger partial charge in [0.15, 0.2) is 0 Å². The molecule has 0 radical (unpaired) electrons. The number of rotatable bonds is 3. The molecule has 0 saturated carbocycles. The van der Waals surface area contributed by atoms with Crippen LogP contribution in [0.1, 0.15) is 5.56 Å². The van der Waals surface area contributed by atoms with E-state index < -0.39 is 11.1 Å². The predicted molar refractivity (Wildman–Crippen MR) is 62.9 cm³/mol. The Morgan fingerprint density at radius 2 is 1.94 bits per heavy atom. The standard InChI is InChI=1S/C11H10N2O3S/c14-11-5-10(6-12-13-11)9-3-1-8(2-4-9)7-17(15)16/h1-6H,7H2,(H,13,14)(H,15,16)/p-1. The molecule has 1 N–H and O–H groups in total. The quantitative estimate of drug-likeness (QED) is 0.816. The SMILES string of the molecule is O=c1cc(-c2ccc(CS(=O)[O-])cc2)cn[nH]1.